The highest BCUT2D eigenvalue weighted by molar-refractivity contribution is 8.14. The van der Waals surface area contributed by atoms with Gasteiger partial charge in [0, 0.05) is 17.3 Å². The number of carbonyl (C=O) groups excluding carboxylic acids is 2. The molecule has 3 fully saturated rings. The Hall–Kier alpha value is -0.750. The Labute approximate surface area is 111 Å². The van der Waals surface area contributed by atoms with Gasteiger partial charge in [-0.25, -0.2) is 0 Å². The molecule has 3 aliphatic rings. The van der Waals surface area contributed by atoms with Crippen LogP contribution < -0.4 is 16.0 Å². The molecule has 18 heavy (non-hydrogen) atoms. The lowest BCUT2D eigenvalue weighted by atomic mass is 9.70. The van der Waals surface area contributed by atoms with Crippen molar-refractivity contribution in [1.29, 1.82) is 0 Å². The normalized spacial score (nSPS) is 33.9. The summed E-state index contributed by atoms with van der Waals surface area (Å²) in [5.74, 6) is 0.538. The first-order chi connectivity index (χ1) is 8.67. The third-order valence-corrected chi connectivity index (χ3v) is 5.16. The van der Waals surface area contributed by atoms with Crippen molar-refractivity contribution >= 4 is 22.9 Å². The number of rotatable bonds is 2. The van der Waals surface area contributed by atoms with Crippen LogP contribution in [0.15, 0.2) is 0 Å². The molecule has 2 unspecified atom stereocenters. The van der Waals surface area contributed by atoms with E-state index in [-0.39, 0.29) is 23.2 Å². The van der Waals surface area contributed by atoms with Gasteiger partial charge in [-0.2, -0.15) is 0 Å². The molecule has 0 aromatic heterocycles. The van der Waals surface area contributed by atoms with Gasteiger partial charge in [-0.1, -0.05) is 11.8 Å². The van der Waals surface area contributed by atoms with Gasteiger partial charge in [0.1, 0.15) is 6.04 Å². The Morgan fingerprint density at radius 2 is 2.28 bits per heavy atom. The average Bonchev–Trinajstić information content (AvgIpc) is 2.74. The number of hydrogen-bond donors (Lipinski definition) is 3. The summed E-state index contributed by atoms with van der Waals surface area (Å²) >= 11 is 1.19. The summed E-state index contributed by atoms with van der Waals surface area (Å²) in [6, 6.07) is -0.0729. The Bertz CT molecular complexity index is 370. The summed E-state index contributed by atoms with van der Waals surface area (Å²) in [7, 11) is 0. The van der Waals surface area contributed by atoms with Crippen LogP contribution in [0.2, 0.25) is 0 Å². The van der Waals surface area contributed by atoms with Crippen molar-refractivity contribution in [3.05, 3.63) is 0 Å². The lowest BCUT2D eigenvalue weighted by Crippen LogP contribution is -2.60. The molecule has 0 radical (unpaired) electrons. The fraction of sp³-hybridized carbons (Fsp3) is 0.833. The van der Waals surface area contributed by atoms with Crippen molar-refractivity contribution in [2.75, 3.05) is 12.3 Å². The minimum Gasteiger partial charge on any atom is -0.351 e. The fourth-order valence-electron chi connectivity index (χ4n) is 3.09. The summed E-state index contributed by atoms with van der Waals surface area (Å²) in [4.78, 5) is 23.1. The van der Waals surface area contributed by atoms with Crippen LogP contribution in [0.4, 0.5) is 4.79 Å². The van der Waals surface area contributed by atoms with Gasteiger partial charge in [-0.15, -0.1) is 0 Å². The minimum atomic E-state index is -0.338. The van der Waals surface area contributed by atoms with Crippen LogP contribution in [0, 0.1) is 0 Å². The third kappa shape index (κ3) is 2.36. The smallest absolute Gasteiger partial charge is 0.279 e. The molecule has 6 heteroatoms. The topological polar surface area (TPSA) is 70.2 Å². The third-order valence-electron chi connectivity index (χ3n) is 4.28. The van der Waals surface area contributed by atoms with Crippen molar-refractivity contribution < 1.29 is 9.59 Å². The molecule has 2 atom stereocenters. The van der Waals surface area contributed by atoms with Crippen molar-refractivity contribution in [1.82, 2.24) is 16.0 Å². The van der Waals surface area contributed by atoms with E-state index < -0.39 is 0 Å². The van der Waals surface area contributed by atoms with E-state index in [0.29, 0.717) is 11.3 Å². The zero-order valence-corrected chi connectivity index (χ0v) is 11.1. The highest BCUT2D eigenvalue weighted by Crippen LogP contribution is 2.38. The van der Waals surface area contributed by atoms with E-state index in [9.17, 15) is 9.59 Å². The molecule has 3 N–H and O–H groups in total. The van der Waals surface area contributed by atoms with Crippen LogP contribution in [0.1, 0.15) is 32.1 Å². The molecule has 1 aliphatic carbocycles. The number of piperidine rings is 1. The highest BCUT2D eigenvalue weighted by atomic mass is 32.2. The van der Waals surface area contributed by atoms with Crippen LogP contribution in [0.25, 0.3) is 0 Å². The number of hydrogen-bond acceptors (Lipinski definition) is 4. The van der Waals surface area contributed by atoms with E-state index >= 15 is 0 Å². The van der Waals surface area contributed by atoms with E-state index in [4.69, 9.17) is 0 Å². The molecule has 2 amide bonds. The molecule has 0 aromatic carbocycles. The first-order valence-corrected chi connectivity index (χ1v) is 7.64. The van der Waals surface area contributed by atoms with Crippen LogP contribution in [0.5, 0.6) is 0 Å². The molecule has 100 valence electrons. The monoisotopic (exact) mass is 269 g/mol. The maximum absolute atomic E-state index is 12.0. The fourth-order valence-corrected chi connectivity index (χ4v) is 3.87. The minimum absolute atomic E-state index is 0.0188. The van der Waals surface area contributed by atoms with Gasteiger partial charge in [0.25, 0.3) is 5.24 Å². The number of nitrogens with one attached hydrogen (secondary N) is 3. The Balaban J connectivity index is 1.52. The standard InChI is InChI=1S/C12H19N3O2S/c16-10(9-7-18-11(17)15-9)14-8-2-5-13-12(6-8)3-1-4-12/h8-9,13H,1-7H2,(H,14,16)(H,15,17). The summed E-state index contributed by atoms with van der Waals surface area (Å²) < 4.78 is 0. The van der Waals surface area contributed by atoms with Crippen molar-refractivity contribution in [2.45, 2.75) is 49.7 Å². The second-order valence-corrected chi connectivity index (χ2v) is 6.55. The van der Waals surface area contributed by atoms with Gasteiger partial charge in [-0.3, -0.25) is 9.59 Å². The molecule has 0 aromatic rings. The lowest BCUT2D eigenvalue weighted by Gasteiger charge is -2.48. The molecular weight excluding hydrogens is 250 g/mol. The Kier molecular flexibility index (Phi) is 3.23. The van der Waals surface area contributed by atoms with E-state index in [1.165, 1.54) is 31.0 Å². The van der Waals surface area contributed by atoms with Crippen LogP contribution in [0.3, 0.4) is 0 Å². The molecule has 1 saturated carbocycles. The van der Waals surface area contributed by atoms with Gasteiger partial charge in [0.05, 0.1) is 0 Å². The van der Waals surface area contributed by atoms with Crippen LogP contribution >= 0.6 is 11.8 Å². The Morgan fingerprint density at radius 3 is 2.89 bits per heavy atom. The predicted octanol–water partition coefficient (Wildman–Crippen LogP) is 0.602. The lowest BCUT2D eigenvalue weighted by molar-refractivity contribution is -0.123. The summed E-state index contributed by atoms with van der Waals surface area (Å²) in [5.41, 5.74) is 0.296. The zero-order valence-electron chi connectivity index (χ0n) is 10.3. The van der Waals surface area contributed by atoms with Gasteiger partial charge in [0.15, 0.2) is 0 Å². The van der Waals surface area contributed by atoms with E-state index in [1.54, 1.807) is 0 Å². The molecular formula is C12H19N3O2S. The van der Waals surface area contributed by atoms with Crippen molar-refractivity contribution in [2.24, 2.45) is 0 Å². The van der Waals surface area contributed by atoms with Gasteiger partial charge < -0.3 is 16.0 Å². The number of carbonyl (C=O) groups is 2. The predicted molar refractivity (Wildman–Crippen MR) is 70.5 cm³/mol. The van der Waals surface area contributed by atoms with Crippen molar-refractivity contribution in [3.8, 4) is 0 Å². The molecule has 1 spiro atoms. The van der Waals surface area contributed by atoms with Crippen LogP contribution in [-0.4, -0.2) is 41.1 Å². The van der Waals surface area contributed by atoms with Gasteiger partial charge in [-0.05, 0) is 38.6 Å². The molecule has 3 rings (SSSR count). The Morgan fingerprint density at radius 1 is 1.44 bits per heavy atom. The number of thioether (sulfide) groups is 1. The first kappa shape index (κ1) is 12.3. The SMILES string of the molecule is O=C1NC(C(=O)NC2CCNC3(CCC3)C2)CS1. The maximum Gasteiger partial charge on any atom is 0.279 e. The second kappa shape index (κ2) is 4.74. The van der Waals surface area contributed by atoms with Crippen LogP contribution in [-0.2, 0) is 4.79 Å². The quantitative estimate of drug-likeness (QED) is 0.687. The van der Waals surface area contributed by atoms with Gasteiger partial charge in [0.2, 0.25) is 5.91 Å². The number of amides is 2. The maximum atomic E-state index is 12.0. The van der Waals surface area contributed by atoms with Crippen molar-refractivity contribution in [3.63, 3.8) is 0 Å². The summed E-state index contributed by atoms with van der Waals surface area (Å²) in [5, 5.41) is 9.29. The zero-order chi connectivity index (χ0) is 12.6. The summed E-state index contributed by atoms with van der Waals surface area (Å²) in [6.45, 7) is 0.983. The molecule has 2 aliphatic heterocycles. The molecule has 5 nitrogen and oxygen atoms in total. The highest BCUT2D eigenvalue weighted by Gasteiger charge is 2.41. The first-order valence-electron chi connectivity index (χ1n) is 6.66. The largest absolute Gasteiger partial charge is 0.351 e. The molecule has 2 saturated heterocycles. The van der Waals surface area contributed by atoms with Gasteiger partial charge >= 0.3 is 0 Å². The second-order valence-electron chi connectivity index (χ2n) is 5.55. The van der Waals surface area contributed by atoms with E-state index in [1.807, 2.05) is 0 Å². The average molecular weight is 269 g/mol. The van der Waals surface area contributed by atoms with E-state index in [0.717, 1.165) is 19.4 Å². The van der Waals surface area contributed by atoms with E-state index in [2.05, 4.69) is 16.0 Å². The molecule has 0 bridgehead atoms. The summed E-state index contributed by atoms with van der Waals surface area (Å²) in [6.07, 6.45) is 5.78. The molecule has 2 heterocycles.